The highest BCUT2D eigenvalue weighted by molar-refractivity contribution is 7.80. The van der Waals surface area contributed by atoms with Crippen LogP contribution in [0.25, 0.3) is 0 Å². The number of pyridine rings is 1. The van der Waals surface area contributed by atoms with Gasteiger partial charge in [-0.15, -0.1) is 0 Å². The first kappa shape index (κ1) is 25.2. The quantitative estimate of drug-likeness (QED) is 0.447. The number of aryl methyl sites for hydroxylation is 1. The summed E-state index contributed by atoms with van der Waals surface area (Å²) in [6.07, 6.45) is 0.718. The van der Waals surface area contributed by atoms with Crippen molar-refractivity contribution in [1.82, 2.24) is 9.88 Å². The summed E-state index contributed by atoms with van der Waals surface area (Å²) in [6, 6.07) is 17.7. The van der Waals surface area contributed by atoms with Crippen LogP contribution in [-0.2, 0) is 31.5 Å². The van der Waals surface area contributed by atoms with Crippen molar-refractivity contribution in [2.75, 3.05) is 10.8 Å². The number of anilines is 1. The summed E-state index contributed by atoms with van der Waals surface area (Å²) in [7, 11) is 1.62. The zero-order chi connectivity index (χ0) is 24.7. The molecule has 0 bridgehead atoms. The van der Waals surface area contributed by atoms with Crippen molar-refractivity contribution in [2.45, 2.75) is 33.4 Å². The fraction of sp³-hybridized carbons (Fsp3) is 0.280. The smallest absolute Gasteiger partial charge is 0.271 e. The minimum Gasteiger partial charge on any atom is -0.755 e. The highest BCUT2D eigenvalue weighted by Gasteiger charge is 2.23. The molecule has 1 atom stereocenters. The summed E-state index contributed by atoms with van der Waals surface area (Å²) >= 11 is -2.60. The number of hydrogen-bond acceptors (Lipinski definition) is 5. The second kappa shape index (κ2) is 11.6. The van der Waals surface area contributed by atoms with Gasteiger partial charge >= 0.3 is 0 Å². The fourth-order valence-corrected chi connectivity index (χ4v) is 4.01. The third-order valence-corrected chi connectivity index (χ3v) is 5.95. The standard InChI is InChI=1S/C25H29N3O5S/c1-4-13-26-25(30)23-24(33-17-19-10-6-5-7-11-19)22(29)15-21(27(23)3)16-28(34(31)32)20-12-8-9-18(2)14-20/h5-12,14-15H,4,13,16-17H2,1-3H3,(H,26,30)(H,31,32)/p-1. The highest BCUT2D eigenvalue weighted by atomic mass is 32.2. The van der Waals surface area contributed by atoms with Crippen LogP contribution in [0.15, 0.2) is 65.5 Å². The number of amides is 1. The first-order valence-corrected chi connectivity index (χ1v) is 12.0. The van der Waals surface area contributed by atoms with E-state index in [9.17, 15) is 18.4 Å². The SMILES string of the molecule is CCCNC(=O)c1c(OCc2ccccc2)c(=O)cc(CN(c2cccc(C)c2)S(=O)[O-])n1C. The molecule has 0 aliphatic carbocycles. The minimum absolute atomic E-state index is 0.0488. The van der Waals surface area contributed by atoms with Crippen LogP contribution < -0.4 is 19.8 Å². The van der Waals surface area contributed by atoms with Gasteiger partial charge in [-0.1, -0.05) is 49.4 Å². The van der Waals surface area contributed by atoms with Crippen molar-refractivity contribution in [3.8, 4) is 5.75 Å². The number of carbonyl (C=O) groups is 1. The Kier molecular flexibility index (Phi) is 8.61. The molecule has 2 aromatic carbocycles. The van der Waals surface area contributed by atoms with Crippen molar-refractivity contribution < 1.29 is 18.3 Å². The predicted molar refractivity (Wildman–Crippen MR) is 131 cm³/mol. The number of benzene rings is 2. The maximum atomic E-state index is 13.1. The van der Waals surface area contributed by atoms with Crippen LogP contribution in [0, 0.1) is 6.92 Å². The van der Waals surface area contributed by atoms with Crippen LogP contribution in [0.4, 0.5) is 5.69 Å². The van der Waals surface area contributed by atoms with E-state index in [0.29, 0.717) is 17.9 Å². The van der Waals surface area contributed by atoms with Gasteiger partial charge in [0.2, 0.25) is 5.43 Å². The summed E-state index contributed by atoms with van der Waals surface area (Å²) in [5.74, 6) is -0.536. The maximum absolute atomic E-state index is 13.1. The molecule has 34 heavy (non-hydrogen) atoms. The zero-order valence-corrected chi connectivity index (χ0v) is 20.3. The molecule has 0 fully saturated rings. The number of carbonyl (C=O) groups excluding carboxylic acids is 1. The number of hydrogen-bond donors (Lipinski definition) is 1. The Hall–Kier alpha value is -3.43. The van der Waals surface area contributed by atoms with Crippen molar-refractivity contribution in [1.29, 1.82) is 0 Å². The van der Waals surface area contributed by atoms with Gasteiger partial charge in [0, 0.05) is 42.3 Å². The highest BCUT2D eigenvalue weighted by Crippen LogP contribution is 2.22. The lowest BCUT2D eigenvalue weighted by molar-refractivity contribution is 0.0938. The van der Waals surface area contributed by atoms with Gasteiger partial charge in [0.15, 0.2) is 11.4 Å². The molecule has 9 heteroatoms. The number of nitrogens with one attached hydrogen (secondary N) is 1. The van der Waals surface area contributed by atoms with E-state index in [1.807, 2.05) is 50.2 Å². The van der Waals surface area contributed by atoms with E-state index >= 15 is 0 Å². The summed E-state index contributed by atoms with van der Waals surface area (Å²) in [4.78, 5) is 26.1. The lowest BCUT2D eigenvalue weighted by Gasteiger charge is -2.28. The van der Waals surface area contributed by atoms with Crippen molar-refractivity contribution in [3.05, 3.63) is 93.4 Å². The van der Waals surface area contributed by atoms with Gasteiger partial charge in [-0.25, -0.2) is 0 Å². The van der Waals surface area contributed by atoms with Crippen LogP contribution in [0.1, 0.15) is 40.7 Å². The normalized spacial score (nSPS) is 11.6. The molecule has 8 nitrogen and oxygen atoms in total. The average Bonchev–Trinajstić information content (AvgIpc) is 2.82. The van der Waals surface area contributed by atoms with Crippen LogP contribution in [-0.4, -0.2) is 25.8 Å². The zero-order valence-electron chi connectivity index (χ0n) is 19.4. The van der Waals surface area contributed by atoms with Crippen LogP contribution in [0.5, 0.6) is 5.75 Å². The lowest BCUT2D eigenvalue weighted by Crippen LogP contribution is -2.33. The number of aromatic nitrogens is 1. The first-order chi connectivity index (χ1) is 16.3. The molecule has 0 aliphatic heterocycles. The monoisotopic (exact) mass is 482 g/mol. The first-order valence-electron chi connectivity index (χ1n) is 10.9. The van der Waals surface area contributed by atoms with Gasteiger partial charge in [-0.2, -0.15) is 0 Å². The second-order valence-corrected chi connectivity index (χ2v) is 8.73. The average molecular weight is 483 g/mol. The Morgan fingerprint density at radius 3 is 2.53 bits per heavy atom. The molecule has 0 radical (unpaired) electrons. The summed E-state index contributed by atoms with van der Waals surface area (Å²) in [5.41, 5.74) is 2.11. The maximum Gasteiger partial charge on any atom is 0.271 e. The lowest BCUT2D eigenvalue weighted by atomic mass is 10.2. The van der Waals surface area contributed by atoms with E-state index in [2.05, 4.69) is 5.32 Å². The van der Waals surface area contributed by atoms with E-state index < -0.39 is 22.6 Å². The molecule has 0 aliphatic rings. The Bertz CT molecular complexity index is 1230. The van der Waals surface area contributed by atoms with Crippen LogP contribution in [0.2, 0.25) is 0 Å². The number of ether oxygens (including phenoxy) is 1. The molecule has 1 aromatic heterocycles. The topological polar surface area (TPSA) is 104 Å². The van der Waals surface area contributed by atoms with Gasteiger partial charge in [-0.3, -0.25) is 18.1 Å². The van der Waals surface area contributed by atoms with E-state index in [-0.39, 0.29) is 24.6 Å². The Labute approximate surface area is 201 Å². The summed E-state index contributed by atoms with van der Waals surface area (Å²) in [5, 5.41) is 2.78. The molecular formula is C25H28N3O5S-. The third-order valence-electron chi connectivity index (χ3n) is 5.25. The molecule has 1 amide bonds. The minimum atomic E-state index is -2.60. The number of rotatable bonds is 10. The van der Waals surface area contributed by atoms with Gasteiger partial charge in [0.25, 0.3) is 5.91 Å². The molecule has 0 saturated carbocycles. The molecular weight excluding hydrogens is 454 g/mol. The van der Waals surface area contributed by atoms with Crippen molar-refractivity contribution in [2.24, 2.45) is 7.05 Å². The van der Waals surface area contributed by atoms with Gasteiger partial charge in [0.1, 0.15) is 6.61 Å². The molecule has 3 rings (SSSR count). The molecule has 0 spiro atoms. The van der Waals surface area contributed by atoms with Crippen molar-refractivity contribution in [3.63, 3.8) is 0 Å². The van der Waals surface area contributed by atoms with E-state index in [0.717, 1.165) is 21.9 Å². The molecule has 1 unspecified atom stereocenters. The van der Waals surface area contributed by atoms with Gasteiger partial charge in [-0.05, 0) is 36.6 Å². The summed E-state index contributed by atoms with van der Waals surface area (Å²) < 4.78 is 32.5. The van der Waals surface area contributed by atoms with Gasteiger partial charge in [0.05, 0.1) is 6.54 Å². The Morgan fingerprint density at radius 2 is 1.88 bits per heavy atom. The predicted octanol–water partition coefficient (Wildman–Crippen LogP) is 3.21. The van der Waals surface area contributed by atoms with E-state index in [1.165, 1.54) is 10.6 Å². The molecule has 180 valence electrons. The third kappa shape index (κ3) is 6.12. The molecule has 1 N–H and O–H groups in total. The van der Waals surface area contributed by atoms with E-state index in [4.69, 9.17) is 4.74 Å². The van der Waals surface area contributed by atoms with E-state index in [1.54, 1.807) is 25.2 Å². The Balaban J connectivity index is 2.02. The largest absolute Gasteiger partial charge is 0.755 e. The Morgan fingerprint density at radius 1 is 1.15 bits per heavy atom. The van der Waals surface area contributed by atoms with Gasteiger partial charge < -0.3 is 19.2 Å². The van der Waals surface area contributed by atoms with Crippen molar-refractivity contribution >= 4 is 22.9 Å². The fourth-order valence-electron chi connectivity index (χ4n) is 3.49. The second-order valence-electron chi connectivity index (χ2n) is 7.86. The molecule has 1 heterocycles. The summed E-state index contributed by atoms with van der Waals surface area (Å²) in [6.45, 7) is 4.20. The van der Waals surface area contributed by atoms with Crippen LogP contribution in [0.3, 0.4) is 0 Å². The molecule has 0 saturated heterocycles. The van der Waals surface area contributed by atoms with Crippen LogP contribution >= 0.6 is 0 Å². The number of nitrogens with zero attached hydrogens (tertiary/aromatic N) is 2. The molecule has 3 aromatic rings.